The highest BCUT2D eigenvalue weighted by Crippen LogP contribution is 2.16. The van der Waals surface area contributed by atoms with Crippen molar-refractivity contribution in [3.05, 3.63) is 35.4 Å². The number of nitrogens with one attached hydrogen (secondary N) is 2. The Bertz CT molecular complexity index is 490. The fourth-order valence-electron chi connectivity index (χ4n) is 2.06. The zero-order chi connectivity index (χ0) is 13.8. The first kappa shape index (κ1) is 13.5. The summed E-state index contributed by atoms with van der Waals surface area (Å²) < 4.78 is 0. The fourth-order valence-corrected chi connectivity index (χ4v) is 2.06. The van der Waals surface area contributed by atoms with Gasteiger partial charge in [0.2, 0.25) is 11.8 Å². The molecule has 1 aliphatic heterocycles. The Hall–Kier alpha value is -1.92. The molecule has 0 aliphatic carbocycles. The minimum atomic E-state index is -1.35. The standard InChI is InChI=1S/C13H17N3O3/c14-12(18)11(17)7-16-13(19)10-5-8-3-1-2-4-9(8)6-15-10/h1-4,10-11,15,17H,5-7H2,(H2,14,18)(H,16,19)/t10-,11?/m0/s1. The highest BCUT2D eigenvalue weighted by atomic mass is 16.3. The number of benzene rings is 1. The molecule has 6 heteroatoms. The molecule has 1 aromatic carbocycles. The lowest BCUT2D eigenvalue weighted by Crippen LogP contribution is -2.50. The summed E-state index contributed by atoms with van der Waals surface area (Å²) in [6.07, 6.45) is -0.755. The van der Waals surface area contributed by atoms with Gasteiger partial charge in [0.05, 0.1) is 12.6 Å². The van der Waals surface area contributed by atoms with Gasteiger partial charge in [-0.2, -0.15) is 0 Å². The molecule has 6 nitrogen and oxygen atoms in total. The second-order valence-corrected chi connectivity index (χ2v) is 4.57. The molecule has 0 fully saturated rings. The number of carbonyl (C=O) groups is 2. The summed E-state index contributed by atoms with van der Waals surface area (Å²) in [5, 5.41) is 14.9. The third-order valence-electron chi connectivity index (χ3n) is 3.20. The van der Waals surface area contributed by atoms with E-state index in [0.29, 0.717) is 13.0 Å². The van der Waals surface area contributed by atoms with Crippen molar-refractivity contribution < 1.29 is 14.7 Å². The lowest BCUT2D eigenvalue weighted by molar-refractivity contribution is -0.127. The third kappa shape index (κ3) is 3.30. The van der Waals surface area contributed by atoms with E-state index in [9.17, 15) is 14.7 Å². The van der Waals surface area contributed by atoms with Gasteiger partial charge in [-0.1, -0.05) is 24.3 Å². The monoisotopic (exact) mass is 263 g/mol. The normalized spacial score (nSPS) is 19.3. The maximum atomic E-state index is 11.9. The molecule has 0 saturated carbocycles. The van der Waals surface area contributed by atoms with Gasteiger partial charge in [0.1, 0.15) is 6.10 Å². The van der Waals surface area contributed by atoms with Crippen LogP contribution in [-0.4, -0.2) is 35.6 Å². The average Bonchev–Trinajstić information content (AvgIpc) is 2.43. The van der Waals surface area contributed by atoms with E-state index in [0.717, 1.165) is 5.56 Å². The second-order valence-electron chi connectivity index (χ2n) is 4.57. The number of rotatable bonds is 4. The molecule has 2 amide bonds. The van der Waals surface area contributed by atoms with Crippen LogP contribution in [0.1, 0.15) is 11.1 Å². The smallest absolute Gasteiger partial charge is 0.248 e. The summed E-state index contributed by atoms with van der Waals surface area (Å²) in [5.74, 6) is -1.09. The van der Waals surface area contributed by atoms with Crippen LogP contribution in [0.3, 0.4) is 0 Å². The van der Waals surface area contributed by atoms with Crippen LogP contribution in [0.5, 0.6) is 0 Å². The quantitative estimate of drug-likeness (QED) is 0.540. The maximum absolute atomic E-state index is 11.9. The number of fused-ring (bicyclic) bond motifs is 1. The minimum Gasteiger partial charge on any atom is -0.381 e. The second kappa shape index (κ2) is 5.81. The number of carbonyl (C=O) groups excluding carboxylic acids is 2. The number of hydrogen-bond donors (Lipinski definition) is 4. The Morgan fingerprint density at radius 1 is 1.42 bits per heavy atom. The molecule has 0 saturated heterocycles. The van der Waals surface area contributed by atoms with Crippen molar-refractivity contribution in [2.75, 3.05) is 6.54 Å². The Morgan fingerprint density at radius 3 is 2.79 bits per heavy atom. The molecular weight excluding hydrogens is 246 g/mol. The molecule has 1 unspecified atom stereocenters. The summed E-state index contributed by atoms with van der Waals surface area (Å²) in [5.41, 5.74) is 7.23. The number of amides is 2. The molecule has 0 radical (unpaired) electrons. The molecule has 2 atom stereocenters. The van der Waals surface area contributed by atoms with Gasteiger partial charge in [0, 0.05) is 6.54 Å². The van der Waals surface area contributed by atoms with Gasteiger partial charge < -0.3 is 21.5 Å². The van der Waals surface area contributed by atoms with Crippen LogP contribution in [0, 0.1) is 0 Å². The minimum absolute atomic E-state index is 0.159. The summed E-state index contributed by atoms with van der Waals surface area (Å²) in [4.78, 5) is 22.6. The molecule has 0 spiro atoms. The predicted octanol–water partition coefficient (Wildman–Crippen LogP) is -1.34. The van der Waals surface area contributed by atoms with Gasteiger partial charge in [-0.3, -0.25) is 9.59 Å². The summed E-state index contributed by atoms with van der Waals surface area (Å²) in [6.45, 7) is 0.473. The highest BCUT2D eigenvalue weighted by Gasteiger charge is 2.24. The van der Waals surface area contributed by atoms with E-state index in [2.05, 4.69) is 10.6 Å². The van der Waals surface area contributed by atoms with Crippen molar-refractivity contribution in [1.29, 1.82) is 0 Å². The first-order chi connectivity index (χ1) is 9.08. The number of aliphatic hydroxyl groups is 1. The molecular formula is C13H17N3O3. The third-order valence-corrected chi connectivity index (χ3v) is 3.20. The highest BCUT2D eigenvalue weighted by molar-refractivity contribution is 5.84. The average molecular weight is 263 g/mol. The summed E-state index contributed by atoms with van der Waals surface area (Å²) in [7, 11) is 0. The Balaban J connectivity index is 1.90. The molecule has 102 valence electrons. The largest absolute Gasteiger partial charge is 0.381 e. The van der Waals surface area contributed by atoms with Crippen molar-refractivity contribution in [1.82, 2.24) is 10.6 Å². The van der Waals surface area contributed by atoms with Gasteiger partial charge in [-0.05, 0) is 17.5 Å². The van der Waals surface area contributed by atoms with E-state index in [1.54, 1.807) is 0 Å². The number of primary amides is 1. The van der Waals surface area contributed by atoms with Crippen LogP contribution in [0.15, 0.2) is 24.3 Å². The number of nitrogens with two attached hydrogens (primary N) is 1. The number of hydrogen-bond acceptors (Lipinski definition) is 4. The zero-order valence-electron chi connectivity index (χ0n) is 10.4. The van der Waals surface area contributed by atoms with Gasteiger partial charge in [-0.25, -0.2) is 0 Å². The first-order valence-electron chi connectivity index (χ1n) is 6.13. The Morgan fingerprint density at radius 2 is 2.11 bits per heavy atom. The van der Waals surface area contributed by atoms with Crippen LogP contribution in [0.4, 0.5) is 0 Å². The molecule has 19 heavy (non-hydrogen) atoms. The van der Waals surface area contributed by atoms with Crippen molar-refractivity contribution in [2.45, 2.75) is 25.1 Å². The first-order valence-corrected chi connectivity index (χ1v) is 6.13. The van der Waals surface area contributed by atoms with E-state index < -0.39 is 12.0 Å². The molecule has 0 bridgehead atoms. The van der Waals surface area contributed by atoms with Crippen molar-refractivity contribution in [2.24, 2.45) is 5.73 Å². The predicted molar refractivity (Wildman–Crippen MR) is 69.0 cm³/mol. The van der Waals surface area contributed by atoms with Crippen molar-refractivity contribution >= 4 is 11.8 Å². The van der Waals surface area contributed by atoms with Crippen LogP contribution in [-0.2, 0) is 22.6 Å². The van der Waals surface area contributed by atoms with E-state index >= 15 is 0 Å². The summed E-state index contributed by atoms with van der Waals surface area (Å²) >= 11 is 0. The van der Waals surface area contributed by atoms with Gasteiger partial charge in [-0.15, -0.1) is 0 Å². The molecule has 2 rings (SSSR count). The van der Waals surface area contributed by atoms with Crippen LogP contribution in [0.25, 0.3) is 0 Å². The van der Waals surface area contributed by atoms with Crippen molar-refractivity contribution in [3.63, 3.8) is 0 Å². The lowest BCUT2D eigenvalue weighted by atomic mass is 9.95. The topological polar surface area (TPSA) is 104 Å². The lowest BCUT2D eigenvalue weighted by Gasteiger charge is -2.25. The van der Waals surface area contributed by atoms with E-state index in [4.69, 9.17) is 5.73 Å². The molecule has 1 heterocycles. The van der Waals surface area contributed by atoms with E-state index in [1.165, 1.54) is 5.56 Å². The molecule has 1 aromatic rings. The van der Waals surface area contributed by atoms with E-state index in [-0.39, 0.29) is 18.5 Å². The Kier molecular flexibility index (Phi) is 4.13. The molecule has 5 N–H and O–H groups in total. The van der Waals surface area contributed by atoms with Gasteiger partial charge >= 0.3 is 0 Å². The molecule has 0 aromatic heterocycles. The van der Waals surface area contributed by atoms with Crippen LogP contribution < -0.4 is 16.4 Å². The summed E-state index contributed by atoms with van der Waals surface area (Å²) in [6, 6.07) is 7.57. The van der Waals surface area contributed by atoms with Crippen molar-refractivity contribution in [3.8, 4) is 0 Å². The maximum Gasteiger partial charge on any atom is 0.248 e. The SMILES string of the molecule is NC(=O)C(O)CNC(=O)[C@@H]1Cc2ccccc2CN1. The van der Waals surface area contributed by atoms with Gasteiger partial charge in [0.25, 0.3) is 0 Å². The van der Waals surface area contributed by atoms with Crippen LogP contribution in [0.2, 0.25) is 0 Å². The molecule has 1 aliphatic rings. The van der Waals surface area contributed by atoms with Gasteiger partial charge in [0.15, 0.2) is 0 Å². The zero-order valence-corrected chi connectivity index (χ0v) is 10.4. The Labute approximate surface area is 111 Å². The van der Waals surface area contributed by atoms with Crippen LogP contribution >= 0.6 is 0 Å². The fraction of sp³-hybridized carbons (Fsp3) is 0.385. The van der Waals surface area contributed by atoms with E-state index in [1.807, 2.05) is 24.3 Å². The number of aliphatic hydroxyl groups excluding tert-OH is 1.